The molecule has 3 nitrogen and oxygen atoms in total. The van der Waals surface area contributed by atoms with Crippen molar-refractivity contribution in [1.82, 2.24) is 5.32 Å². The summed E-state index contributed by atoms with van der Waals surface area (Å²) in [7, 11) is 0. The Morgan fingerprint density at radius 3 is 2.88 bits per heavy atom. The standard InChI is InChI=1S/C12H20N2OS/c1-12(2,10-5-4-8-16-10)9-14-11(15)6-3-7-13/h4-5,8H,3,6-7,9,13H2,1-2H3,(H,14,15). The summed E-state index contributed by atoms with van der Waals surface area (Å²) in [6.45, 7) is 5.53. The molecule has 0 fully saturated rings. The van der Waals surface area contributed by atoms with Gasteiger partial charge in [-0.1, -0.05) is 19.9 Å². The summed E-state index contributed by atoms with van der Waals surface area (Å²) in [5.41, 5.74) is 5.36. The number of carbonyl (C=O) groups excluding carboxylic acids is 1. The van der Waals surface area contributed by atoms with Gasteiger partial charge in [-0.25, -0.2) is 0 Å². The van der Waals surface area contributed by atoms with Crippen LogP contribution < -0.4 is 11.1 Å². The Morgan fingerprint density at radius 2 is 2.31 bits per heavy atom. The Labute approximate surface area is 101 Å². The second-order valence-corrected chi connectivity index (χ2v) is 5.48. The van der Waals surface area contributed by atoms with Gasteiger partial charge in [-0.2, -0.15) is 0 Å². The third-order valence-corrected chi connectivity index (χ3v) is 3.76. The van der Waals surface area contributed by atoms with E-state index in [0.29, 0.717) is 19.5 Å². The van der Waals surface area contributed by atoms with Crippen LogP contribution in [-0.2, 0) is 10.2 Å². The molecule has 4 heteroatoms. The van der Waals surface area contributed by atoms with E-state index in [4.69, 9.17) is 5.73 Å². The predicted molar refractivity (Wildman–Crippen MR) is 68.6 cm³/mol. The lowest BCUT2D eigenvalue weighted by atomic mass is 9.91. The van der Waals surface area contributed by atoms with Gasteiger partial charge in [0.1, 0.15) is 0 Å². The van der Waals surface area contributed by atoms with Crippen LogP contribution in [0, 0.1) is 0 Å². The van der Waals surface area contributed by atoms with Gasteiger partial charge < -0.3 is 11.1 Å². The molecular formula is C12H20N2OS. The number of carbonyl (C=O) groups is 1. The summed E-state index contributed by atoms with van der Waals surface area (Å²) >= 11 is 1.73. The zero-order valence-electron chi connectivity index (χ0n) is 9.95. The molecule has 0 saturated heterocycles. The Bertz CT molecular complexity index is 320. The Kier molecular flexibility index (Phi) is 4.96. The maximum atomic E-state index is 11.5. The smallest absolute Gasteiger partial charge is 0.220 e. The van der Waals surface area contributed by atoms with Gasteiger partial charge in [-0.05, 0) is 24.4 Å². The van der Waals surface area contributed by atoms with E-state index in [1.165, 1.54) is 4.88 Å². The largest absolute Gasteiger partial charge is 0.355 e. The van der Waals surface area contributed by atoms with E-state index in [0.717, 1.165) is 6.42 Å². The first-order valence-corrected chi connectivity index (χ1v) is 6.45. The fourth-order valence-corrected chi connectivity index (χ4v) is 2.27. The minimum atomic E-state index is 0.00649. The first-order chi connectivity index (χ1) is 7.56. The minimum Gasteiger partial charge on any atom is -0.355 e. The number of rotatable bonds is 6. The minimum absolute atomic E-state index is 0.00649. The Balaban J connectivity index is 2.39. The van der Waals surface area contributed by atoms with Gasteiger partial charge in [0.15, 0.2) is 0 Å². The van der Waals surface area contributed by atoms with Crippen LogP contribution in [0.5, 0.6) is 0 Å². The lowest BCUT2D eigenvalue weighted by Crippen LogP contribution is -2.36. The SMILES string of the molecule is CC(C)(CNC(=O)CCCN)c1cccs1. The molecule has 0 aromatic carbocycles. The summed E-state index contributed by atoms with van der Waals surface area (Å²) in [5.74, 6) is 0.0927. The summed E-state index contributed by atoms with van der Waals surface area (Å²) in [5, 5.41) is 5.02. The van der Waals surface area contributed by atoms with Crippen LogP contribution in [0.25, 0.3) is 0 Å². The predicted octanol–water partition coefficient (Wildman–Crippen LogP) is 1.88. The zero-order chi connectivity index (χ0) is 12.0. The van der Waals surface area contributed by atoms with Gasteiger partial charge in [0.25, 0.3) is 0 Å². The van der Waals surface area contributed by atoms with Crippen molar-refractivity contribution in [1.29, 1.82) is 0 Å². The maximum absolute atomic E-state index is 11.5. The molecule has 0 atom stereocenters. The fraction of sp³-hybridized carbons (Fsp3) is 0.583. The van der Waals surface area contributed by atoms with Gasteiger partial charge in [0, 0.05) is 23.3 Å². The molecule has 0 bridgehead atoms. The van der Waals surface area contributed by atoms with Crippen molar-refractivity contribution in [2.45, 2.75) is 32.1 Å². The average molecular weight is 240 g/mol. The zero-order valence-corrected chi connectivity index (χ0v) is 10.8. The van der Waals surface area contributed by atoms with E-state index < -0.39 is 0 Å². The molecule has 1 aromatic rings. The summed E-state index contributed by atoms with van der Waals surface area (Å²) in [6, 6.07) is 4.15. The molecule has 0 spiro atoms. The fourth-order valence-electron chi connectivity index (χ4n) is 1.42. The lowest BCUT2D eigenvalue weighted by molar-refractivity contribution is -0.121. The molecule has 0 saturated carbocycles. The lowest BCUT2D eigenvalue weighted by Gasteiger charge is -2.23. The molecule has 1 aromatic heterocycles. The van der Waals surface area contributed by atoms with Crippen LogP contribution in [0.2, 0.25) is 0 Å². The highest BCUT2D eigenvalue weighted by molar-refractivity contribution is 7.10. The molecule has 1 heterocycles. The highest BCUT2D eigenvalue weighted by Gasteiger charge is 2.22. The number of nitrogens with two attached hydrogens (primary N) is 1. The number of nitrogens with one attached hydrogen (secondary N) is 1. The molecule has 0 aliphatic rings. The van der Waals surface area contributed by atoms with Crippen LogP contribution in [0.15, 0.2) is 17.5 Å². The van der Waals surface area contributed by atoms with E-state index >= 15 is 0 Å². The number of amides is 1. The number of thiophene rings is 1. The van der Waals surface area contributed by atoms with Crippen molar-refractivity contribution in [3.8, 4) is 0 Å². The van der Waals surface area contributed by atoms with Crippen molar-refractivity contribution in [2.24, 2.45) is 5.73 Å². The molecule has 3 N–H and O–H groups in total. The first kappa shape index (κ1) is 13.2. The van der Waals surface area contributed by atoms with Crippen LogP contribution >= 0.6 is 11.3 Å². The van der Waals surface area contributed by atoms with Crippen LogP contribution in [0.3, 0.4) is 0 Å². The first-order valence-electron chi connectivity index (χ1n) is 5.57. The second-order valence-electron chi connectivity index (χ2n) is 4.53. The van der Waals surface area contributed by atoms with E-state index in [1.807, 2.05) is 6.07 Å². The highest BCUT2D eigenvalue weighted by atomic mass is 32.1. The van der Waals surface area contributed by atoms with Crippen molar-refractivity contribution in [3.05, 3.63) is 22.4 Å². The van der Waals surface area contributed by atoms with Gasteiger partial charge in [0.05, 0.1) is 0 Å². The number of hydrogen-bond donors (Lipinski definition) is 2. The molecule has 1 amide bonds. The molecule has 0 aliphatic heterocycles. The van der Waals surface area contributed by atoms with E-state index in [2.05, 4.69) is 30.6 Å². The van der Waals surface area contributed by atoms with Crippen molar-refractivity contribution < 1.29 is 4.79 Å². The van der Waals surface area contributed by atoms with Crippen molar-refractivity contribution in [3.63, 3.8) is 0 Å². The third-order valence-electron chi connectivity index (χ3n) is 2.52. The van der Waals surface area contributed by atoms with Crippen molar-refractivity contribution in [2.75, 3.05) is 13.1 Å². The average Bonchev–Trinajstić information content (AvgIpc) is 2.77. The molecule has 16 heavy (non-hydrogen) atoms. The Morgan fingerprint density at radius 1 is 1.56 bits per heavy atom. The topological polar surface area (TPSA) is 55.1 Å². The maximum Gasteiger partial charge on any atom is 0.220 e. The van der Waals surface area contributed by atoms with Crippen LogP contribution in [0.4, 0.5) is 0 Å². The van der Waals surface area contributed by atoms with Crippen LogP contribution in [-0.4, -0.2) is 19.0 Å². The van der Waals surface area contributed by atoms with Gasteiger partial charge in [-0.3, -0.25) is 4.79 Å². The third kappa shape index (κ3) is 3.94. The molecule has 0 aliphatic carbocycles. The normalized spacial score (nSPS) is 11.4. The van der Waals surface area contributed by atoms with Crippen LogP contribution in [0.1, 0.15) is 31.6 Å². The van der Waals surface area contributed by atoms with E-state index in [9.17, 15) is 4.79 Å². The quantitative estimate of drug-likeness (QED) is 0.797. The van der Waals surface area contributed by atoms with E-state index in [-0.39, 0.29) is 11.3 Å². The second kappa shape index (κ2) is 6.01. The molecule has 0 unspecified atom stereocenters. The summed E-state index contributed by atoms with van der Waals surface area (Å²) < 4.78 is 0. The molecular weight excluding hydrogens is 220 g/mol. The highest BCUT2D eigenvalue weighted by Crippen LogP contribution is 2.26. The van der Waals surface area contributed by atoms with Crippen molar-refractivity contribution >= 4 is 17.2 Å². The molecule has 0 radical (unpaired) electrons. The van der Waals surface area contributed by atoms with Gasteiger partial charge >= 0.3 is 0 Å². The molecule has 1 rings (SSSR count). The summed E-state index contributed by atoms with van der Waals surface area (Å²) in [6.07, 6.45) is 1.28. The van der Waals surface area contributed by atoms with Gasteiger partial charge in [-0.15, -0.1) is 11.3 Å². The monoisotopic (exact) mass is 240 g/mol. The van der Waals surface area contributed by atoms with E-state index in [1.54, 1.807) is 11.3 Å². The molecule has 90 valence electrons. The van der Waals surface area contributed by atoms with Gasteiger partial charge in [0.2, 0.25) is 5.91 Å². The summed E-state index contributed by atoms with van der Waals surface area (Å²) in [4.78, 5) is 12.8. The Hall–Kier alpha value is -0.870. The number of hydrogen-bond acceptors (Lipinski definition) is 3.